The van der Waals surface area contributed by atoms with Gasteiger partial charge in [-0.15, -0.1) is 0 Å². The molecule has 0 radical (unpaired) electrons. The average Bonchev–Trinajstić information content (AvgIpc) is 2.66. The minimum absolute atomic E-state index is 0.00243. The third-order valence-corrected chi connectivity index (χ3v) is 5.94. The van der Waals surface area contributed by atoms with Gasteiger partial charge in [0.1, 0.15) is 12.3 Å². The van der Waals surface area contributed by atoms with Crippen molar-refractivity contribution in [2.45, 2.75) is 37.6 Å². The number of phenols is 1. The third-order valence-electron chi connectivity index (χ3n) is 4.86. The molecular weight excluding hydrogens is 394 g/mol. The van der Waals surface area contributed by atoms with Gasteiger partial charge < -0.3 is 10.0 Å². The van der Waals surface area contributed by atoms with E-state index in [-0.39, 0.29) is 17.9 Å². The summed E-state index contributed by atoms with van der Waals surface area (Å²) in [7, 11) is 3.91. The monoisotopic (exact) mass is 421 g/mol. The van der Waals surface area contributed by atoms with Crippen LogP contribution in [0.3, 0.4) is 0 Å². The zero-order valence-corrected chi connectivity index (χ0v) is 18.9. The van der Waals surface area contributed by atoms with Crippen molar-refractivity contribution in [3.05, 3.63) is 58.0 Å². The number of para-hydroxylation sites is 1. The molecule has 156 valence electrons. The van der Waals surface area contributed by atoms with Crippen LogP contribution in [0.1, 0.15) is 37.5 Å². The van der Waals surface area contributed by atoms with Crippen molar-refractivity contribution < 1.29 is 9.90 Å². The van der Waals surface area contributed by atoms with Crippen molar-refractivity contribution in [2.24, 2.45) is 0 Å². The predicted molar refractivity (Wildman–Crippen MR) is 122 cm³/mol. The number of nitriles is 1. The second-order valence-corrected chi connectivity index (χ2v) is 9.78. The molecule has 2 aromatic rings. The van der Waals surface area contributed by atoms with Crippen LogP contribution in [-0.2, 0) is 16.8 Å². The molecule has 0 unspecified atom stereocenters. The standard InChI is InChI=1S/C24H27N3O2S/c1-24(2,3)18-13-16(12-17(22(18)28)15-26(4)5)14-21-23(29)27(11-10-25)19-8-6-7-9-20(19)30-21/h6-9,12-14,28H,11,15H2,1-5H3/b21-14-. The van der Waals surface area contributed by atoms with Crippen LogP contribution in [0.25, 0.3) is 6.08 Å². The van der Waals surface area contributed by atoms with Crippen LogP contribution < -0.4 is 4.90 Å². The molecular formula is C24H27N3O2S. The number of hydrogen-bond acceptors (Lipinski definition) is 5. The first kappa shape index (κ1) is 21.9. The van der Waals surface area contributed by atoms with Crippen molar-refractivity contribution in [1.82, 2.24) is 4.90 Å². The Labute approximate surface area is 182 Å². The summed E-state index contributed by atoms with van der Waals surface area (Å²) in [6, 6.07) is 13.6. The minimum Gasteiger partial charge on any atom is -0.507 e. The van der Waals surface area contributed by atoms with Gasteiger partial charge in [0.15, 0.2) is 0 Å². The molecule has 1 heterocycles. The van der Waals surface area contributed by atoms with Crippen LogP contribution in [0.5, 0.6) is 5.75 Å². The Morgan fingerprint density at radius 2 is 1.93 bits per heavy atom. The molecule has 0 atom stereocenters. The second-order valence-electron chi connectivity index (χ2n) is 8.69. The quantitative estimate of drug-likeness (QED) is 0.570. The maximum atomic E-state index is 13.1. The van der Waals surface area contributed by atoms with E-state index in [9.17, 15) is 15.2 Å². The normalized spacial score (nSPS) is 15.4. The summed E-state index contributed by atoms with van der Waals surface area (Å²) >= 11 is 1.41. The van der Waals surface area contributed by atoms with Gasteiger partial charge in [0.05, 0.1) is 16.7 Å². The number of thioether (sulfide) groups is 1. The van der Waals surface area contributed by atoms with Gasteiger partial charge in [-0.2, -0.15) is 5.26 Å². The Morgan fingerprint density at radius 1 is 1.23 bits per heavy atom. The van der Waals surface area contributed by atoms with Crippen LogP contribution in [-0.4, -0.2) is 36.6 Å². The maximum absolute atomic E-state index is 13.1. The fourth-order valence-corrected chi connectivity index (χ4v) is 4.54. The lowest BCUT2D eigenvalue weighted by atomic mass is 9.84. The largest absolute Gasteiger partial charge is 0.507 e. The van der Waals surface area contributed by atoms with Crippen molar-refractivity contribution in [1.29, 1.82) is 5.26 Å². The summed E-state index contributed by atoms with van der Waals surface area (Å²) in [6.45, 7) is 6.77. The summed E-state index contributed by atoms with van der Waals surface area (Å²) in [5.74, 6) is 0.122. The second kappa shape index (κ2) is 8.55. The average molecular weight is 422 g/mol. The summed E-state index contributed by atoms with van der Waals surface area (Å²) < 4.78 is 0. The molecule has 30 heavy (non-hydrogen) atoms. The smallest absolute Gasteiger partial charge is 0.266 e. The van der Waals surface area contributed by atoms with Crippen molar-refractivity contribution in [3.63, 3.8) is 0 Å². The summed E-state index contributed by atoms with van der Waals surface area (Å²) in [6.07, 6.45) is 1.86. The molecule has 1 amide bonds. The molecule has 2 aromatic carbocycles. The van der Waals surface area contributed by atoms with Gasteiger partial charge in [-0.25, -0.2) is 0 Å². The van der Waals surface area contributed by atoms with E-state index in [0.29, 0.717) is 17.2 Å². The molecule has 0 fully saturated rings. The van der Waals surface area contributed by atoms with E-state index in [1.54, 1.807) is 0 Å². The highest BCUT2D eigenvalue weighted by Crippen LogP contribution is 2.42. The molecule has 0 aromatic heterocycles. The third kappa shape index (κ3) is 4.53. The number of carbonyl (C=O) groups is 1. The van der Waals surface area contributed by atoms with Crippen LogP contribution in [0.4, 0.5) is 5.69 Å². The first-order valence-corrected chi connectivity index (χ1v) is 10.6. The number of amides is 1. The van der Waals surface area contributed by atoms with E-state index >= 15 is 0 Å². The van der Waals surface area contributed by atoms with Crippen LogP contribution >= 0.6 is 11.8 Å². The Balaban J connectivity index is 2.12. The highest BCUT2D eigenvalue weighted by Gasteiger charge is 2.29. The molecule has 0 saturated carbocycles. The maximum Gasteiger partial charge on any atom is 0.266 e. The number of fused-ring (bicyclic) bond motifs is 1. The molecule has 6 heteroatoms. The molecule has 3 rings (SSSR count). The van der Waals surface area contributed by atoms with Gasteiger partial charge in [-0.1, -0.05) is 44.7 Å². The Kier molecular flexibility index (Phi) is 6.25. The highest BCUT2D eigenvalue weighted by atomic mass is 32.2. The first-order chi connectivity index (χ1) is 14.1. The number of rotatable bonds is 4. The van der Waals surface area contributed by atoms with Crippen LogP contribution in [0.2, 0.25) is 0 Å². The molecule has 0 saturated heterocycles. The van der Waals surface area contributed by atoms with Gasteiger partial charge in [0.2, 0.25) is 0 Å². The highest BCUT2D eigenvalue weighted by molar-refractivity contribution is 8.04. The van der Waals surface area contributed by atoms with E-state index in [1.165, 1.54) is 16.7 Å². The Morgan fingerprint density at radius 3 is 2.57 bits per heavy atom. The molecule has 1 N–H and O–H groups in total. The fraction of sp³-hybridized carbons (Fsp3) is 0.333. The van der Waals surface area contributed by atoms with Crippen LogP contribution in [0.15, 0.2) is 46.2 Å². The zero-order valence-electron chi connectivity index (χ0n) is 18.1. The number of hydrogen-bond donors (Lipinski definition) is 1. The number of carbonyl (C=O) groups excluding carboxylic acids is 1. The number of benzene rings is 2. The van der Waals surface area contributed by atoms with Gasteiger partial charge in [-0.05, 0) is 55.4 Å². The summed E-state index contributed by atoms with van der Waals surface area (Å²) in [4.78, 5) is 18.1. The van der Waals surface area contributed by atoms with E-state index in [0.717, 1.165) is 27.3 Å². The van der Waals surface area contributed by atoms with E-state index in [1.807, 2.05) is 61.5 Å². The number of nitrogens with zero attached hydrogens (tertiary/aromatic N) is 3. The lowest BCUT2D eigenvalue weighted by Gasteiger charge is -2.28. The number of aromatic hydroxyl groups is 1. The topological polar surface area (TPSA) is 67.6 Å². The Hall–Kier alpha value is -2.75. The predicted octanol–water partition coefficient (Wildman–Crippen LogP) is 4.75. The number of phenolic OH excluding ortho intramolecular Hbond substituents is 1. The molecule has 1 aliphatic heterocycles. The van der Waals surface area contributed by atoms with E-state index in [4.69, 9.17) is 0 Å². The fourth-order valence-electron chi connectivity index (χ4n) is 3.48. The lowest BCUT2D eigenvalue weighted by Crippen LogP contribution is -2.34. The molecule has 0 bridgehead atoms. The Bertz CT molecular complexity index is 1050. The van der Waals surface area contributed by atoms with Gasteiger partial charge in [-0.3, -0.25) is 9.69 Å². The zero-order chi connectivity index (χ0) is 22.1. The first-order valence-electron chi connectivity index (χ1n) is 9.80. The summed E-state index contributed by atoms with van der Waals surface area (Å²) in [5, 5.41) is 20.0. The minimum atomic E-state index is -0.247. The molecule has 0 spiro atoms. The van der Waals surface area contributed by atoms with Crippen molar-refractivity contribution in [2.75, 3.05) is 25.5 Å². The lowest BCUT2D eigenvalue weighted by molar-refractivity contribution is -0.114. The van der Waals surface area contributed by atoms with Gasteiger partial charge in [0, 0.05) is 22.6 Å². The summed E-state index contributed by atoms with van der Waals surface area (Å²) in [5.41, 5.74) is 3.04. The van der Waals surface area contributed by atoms with Gasteiger partial charge >= 0.3 is 0 Å². The van der Waals surface area contributed by atoms with Gasteiger partial charge in [0.25, 0.3) is 5.91 Å². The van der Waals surface area contributed by atoms with Crippen LogP contribution in [0, 0.1) is 11.3 Å². The molecule has 1 aliphatic rings. The molecule has 5 nitrogen and oxygen atoms in total. The van der Waals surface area contributed by atoms with E-state index < -0.39 is 0 Å². The van der Waals surface area contributed by atoms with Crippen molar-refractivity contribution >= 4 is 29.4 Å². The van der Waals surface area contributed by atoms with Crippen molar-refractivity contribution in [3.8, 4) is 11.8 Å². The number of anilines is 1. The van der Waals surface area contributed by atoms with E-state index in [2.05, 4.69) is 26.8 Å². The molecule has 0 aliphatic carbocycles. The SMILES string of the molecule is CN(C)Cc1cc(/C=C2\Sc3ccccc3N(CC#N)C2=O)cc(C(C)(C)C)c1O.